The topological polar surface area (TPSA) is 89.6 Å². The van der Waals surface area contributed by atoms with E-state index < -0.39 is 11.9 Å². The van der Waals surface area contributed by atoms with Gasteiger partial charge in [-0.1, -0.05) is 25.3 Å². The highest BCUT2D eigenvalue weighted by Gasteiger charge is 1.99. The predicted octanol–water partition coefficient (Wildman–Crippen LogP) is 2.14. The zero-order valence-electron chi connectivity index (χ0n) is 12.7. The molecule has 0 fully saturated rings. The third kappa shape index (κ3) is 56.7. The molecule has 0 aliphatic rings. The van der Waals surface area contributed by atoms with E-state index in [0.29, 0.717) is 5.57 Å². The molecular formula is C15H27NO4. The summed E-state index contributed by atoms with van der Waals surface area (Å²) in [5.74, 6) is -0.936. The molecule has 0 aromatic rings. The van der Waals surface area contributed by atoms with Crippen LogP contribution in [0.15, 0.2) is 50.1 Å². The van der Waals surface area contributed by atoms with Crippen molar-refractivity contribution in [1.29, 1.82) is 0 Å². The number of ether oxygens (including phenoxy) is 1. The first kappa shape index (κ1) is 26.4. The molecule has 0 saturated heterocycles. The first-order valence-electron chi connectivity index (χ1n) is 5.78. The smallest absolute Gasteiger partial charge is 0.333 e. The molecule has 1 amide bonds. The third-order valence-electron chi connectivity index (χ3n) is 0.874. The summed E-state index contributed by atoms with van der Waals surface area (Å²) < 4.78 is 4.46. The van der Waals surface area contributed by atoms with Crippen LogP contribution in [-0.4, -0.2) is 30.2 Å². The van der Waals surface area contributed by atoms with Gasteiger partial charge in [-0.3, -0.25) is 4.79 Å². The number of aliphatic hydroxyl groups is 1. The van der Waals surface area contributed by atoms with Gasteiger partial charge in [-0.15, -0.1) is 13.2 Å². The van der Waals surface area contributed by atoms with Crippen molar-refractivity contribution in [1.82, 2.24) is 0 Å². The lowest BCUT2D eigenvalue weighted by Gasteiger charge is -1.99. The number of allylic oxidation sites excluding steroid dienone is 2. The van der Waals surface area contributed by atoms with Crippen molar-refractivity contribution in [2.45, 2.75) is 20.8 Å². The van der Waals surface area contributed by atoms with Crippen LogP contribution in [0.4, 0.5) is 0 Å². The van der Waals surface area contributed by atoms with E-state index in [-0.39, 0.29) is 13.2 Å². The average Bonchev–Trinajstić information content (AvgIpc) is 2.38. The minimum Gasteiger partial charge on any atom is -0.460 e. The van der Waals surface area contributed by atoms with Crippen LogP contribution in [0.2, 0.25) is 0 Å². The maximum atomic E-state index is 10.5. The van der Waals surface area contributed by atoms with E-state index in [4.69, 9.17) is 5.11 Å². The van der Waals surface area contributed by atoms with Gasteiger partial charge in [-0.2, -0.15) is 0 Å². The Labute approximate surface area is 122 Å². The van der Waals surface area contributed by atoms with Crippen LogP contribution in [0.25, 0.3) is 0 Å². The zero-order chi connectivity index (χ0) is 17.0. The Morgan fingerprint density at radius 3 is 1.65 bits per heavy atom. The fourth-order valence-corrected chi connectivity index (χ4v) is 0.262. The van der Waals surface area contributed by atoms with E-state index >= 15 is 0 Å². The Balaban J connectivity index is -0.0000000983. The van der Waals surface area contributed by atoms with Crippen molar-refractivity contribution in [3.05, 3.63) is 50.1 Å². The first-order valence-corrected chi connectivity index (χ1v) is 5.78. The largest absolute Gasteiger partial charge is 0.460 e. The predicted molar refractivity (Wildman–Crippen MR) is 84.0 cm³/mol. The summed E-state index contributed by atoms with van der Waals surface area (Å²) in [7, 11) is 0. The lowest BCUT2D eigenvalue weighted by molar-refractivity contribution is -0.139. The highest BCUT2D eigenvalue weighted by molar-refractivity contribution is 5.86. The van der Waals surface area contributed by atoms with E-state index in [1.807, 2.05) is 13.8 Å². The molecule has 0 aromatic heterocycles. The Hall–Kier alpha value is -2.14. The summed E-state index contributed by atoms with van der Waals surface area (Å²) in [4.78, 5) is 19.9. The number of carbonyl (C=O) groups excluding carboxylic acids is 2. The molecule has 0 aliphatic heterocycles. The van der Waals surface area contributed by atoms with Gasteiger partial charge in [0.25, 0.3) is 0 Å². The van der Waals surface area contributed by atoms with Crippen molar-refractivity contribution in [3.63, 3.8) is 0 Å². The summed E-state index contributed by atoms with van der Waals surface area (Å²) in [6.45, 7) is 18.4. The SMILES string of the molecule is C=C(C)C(=O)OCCO.C=CC.C=CC.C=CC(N)=O. The number of esters is 1. The first-order chi connectivity index (χ1) is 9.28. The fourth-order valence-electron chi connectivity index (χ4n) is 0.262. The molecule has 0 heterocycles. The fraction of sp³-hybridized carbons (Fsp3) is 0.333. The number of amides is 1. The van der Waals surface area contributed by atoms with Gasteiger partial charge in [-0.25, -0.2) is 4.79 Å². The normalized spacial score (nSPS) is 6.80. The van der Waals surface area contributed by atoms with E-state index in [1.54, 1.807) is 19.1 Å². The number of nitrogens with two attached hydrogens (primary N) is 1. The Morgan fingerprint density at radius 2 is 1.50 bits per heavy atom. The summed E-state index contributed by atoms with van der Waals surface area (Å²) in [5.41, 5.74) is 4.89. The van der Waals surface area contributed by atoms with Gasteiger partial charge in [0.05, 0.1) is 6.61 Å². The molecular weight excluding hydrogens is 258 g/mol. The van der Waals surface area contributed by atoms with Crippen molar-refractivity contribution < 1.29 is 19.4 Å². The molecule has 0 bridgehead atoms. The third-order valence-corrected chi connectivity index (χ3v) is 0.874. The molecule has 0 unspecified atom stereocenters. The van der Waals surface area contributed by atoms with Crippen LogP contribution in [0, 0.1) is 0 Å². The molecule has 3 N–H and O–H groups in total. The quantitative estimate of drug-likeness (QED) is 0.470. The maximum absolute atomic E-state index is 10.5. The number of rotatable bonds is 4. The number of carbonyl (C=O) groups is 2. The summed E-state index contributed by atoms with van der Waals surface area (Å²) in [6.07, 6.45) is 4.56. The van der Waals surface area contributed by atoms with Crippen molar-refractivity contribution in [3.8, 4) is 0 Å². The average molecular weight is 285 g/mol. The molecule has 0 rings (SSSR count). The van der Waals surface area contributed by atoms with Crippen LogP contribution >= 0.6 is 0 Å². The molecule has 0 saturated carbocycles. The molecule has 5 heteroatoms. The number of primary amides is 1. The van der Waals surface area contributed by atoms with E-state index in [9.17, 15) is 9.59 Å². The Kier molecular flexibility index (Phi) is 33.9. The van der Waals surface area contributed by atoms with Crippen LogP contribution < -0.4 is 5.73 Å². The Morgan fingerprint density at radius 1 is 1.20 bits per heavy atom. The highest BCUT2D eigenvalue weighted by Crippen LogP contribution is 1.89. The molecule has 20 heavy (non-hydrogen) atoms. The monoisotopic (exact) mass is 285 g/mol. The van der Waals surface area contributed by atoms with Crippen LogP contribution in [0.1, 0.15) is 20.8 Å². The summed E-state index contributed by atoms with van der Waals surface area (Å²) in [6, 6.07) is 0. The zero-order valence-corrected chi connectivity index (χ0v) is 12.7. The van der Waals surface area contributed by atoms with Gasteiger partial charge in [0, 0.05) is 5.57 Å². The van der Waals surface area contributed by atoms with Gasteiger partial charge in [0.2, 0.25) is 5.91 Å². The van der Waals surface area contributed by atoms with Crippen molar-refractivity contribution in [2.24, 2.45) is 5.73 Å². The molecule has 0 radical (unpaired) electrons. The lowest BCUT2D eigenvalue weighted by Crippen LogP contribution is -2.08. The molecule has 0 atom stereocenters. The van der Waals surface area contributed by atoms with Gasteiger partial charge >= 0.3 is 5.97 Å². The molecule has 116 valence electrons. The second-order valence-corrected chi connectivity index (χ2v) is 3.06. The van der Waals surface area contributed by atoms with Gasteiger partial charge < -0.3 is 15.6 Å². The van der Waals surface area contributed by atoms with Crippen molar-refractivity contribution >= 4 is 11.9 Å². The lowest BCUT2D eigenvalue weighted by atomic mass is 10.4. The van der Waals surface area contributed by atoms with Crippen LogP contribution in [0.5, 0.6) is 0 Å². The number of hydrogen-bond donors (Lipinski definition) is 2. The van der Waals surface area contributed by atoms with Crippen LogP contribution in [0.3, 0.4) is 0 Å². The second kappa shape index (κ2) is 25.6. The minimum absolute atomic E-state index is 0.0473. The number of aliphatic hydroxyl groups excluding tert-OH is 1. The van der Waals surface area contributed by atoms with E-state index in [1.165, 1.54) is 0 Å². The molecule has 5 nitrogen and oxygen atoms in total. The Bertz CT molecular complexity index is 290. The van der Waals surface area contributed by atoms with E-state index in [2.05, 4.69) is 36.8 Å². The number of hydrogen-bond acceptors (Lipinski definition) is 4. The maximum Gasteiger partial charge on any atom is 0.333 e. The van der Waals surface area contributed by atoms with Crippen LogP contribution in [-0.2, 0) is 14.3 Å². The van der Waals surface area contributed by atoms with Gasteiger partial charge in [0.15, 0.2) is 0 Å². The molecule has 0 aliphatic carbocycles. The van der Waals surface area contributed by atoms with Crippen molar-refractivity contribution in [2.75, 3.05) is 13.2 Å². The highest BCUT2D eigenvalue weighted by atomic mass is 16.5. The molecule has 0 aromatic carbocycles. The van der Waals surface area contributed by atoms with Gasteiger partial charge in [0.1, 0.15) is 6.61 Å². The molecule has 0 spiro atoms. The minimum atomic E-state index is -0.481. The summed E-state index contributed by atoms with van der Waals surface area (Å²) >= 11 is 0. The van der Waals surface area contributed by atoms with Gasteiger partial charge in [-0.05, 0) is 26.8 Å². The second-order valence-electron chi connectivity index (χ2n) is 3.06. The standard InChI is InChI=1S/C6H10O3.C3H5NO.2C3H6/c1-5(2)6(8)9-4-3-7;1-2-3(4)5;2*1-3-2/h7H,1,3-4H2,2H3;2H,1H2,(H2,4,5);2*3H,1H2,2H3. The van der Waals surface area contributed by atoms with E-state index in [0.717, 1.165) is 6.08 Å². The summed E-state index contributed by atoms with van der Waals surface area (Å²) in [5, 5.41) is 8.19.